The quantitative estimate of drug-likeness (QED) is 0.415. The molecule has 38 heavy (non-hydrogen) atoms. The van der Waals surface area contributed by atoms with Gasteiger partial charge in [0, 0.05) is 56.1 Å². The Morgan fingerprint density at radius 3 is 2.71 bits per heavy atom. The number of fused-ring (bicyclic) bond motifs is 1. The molecule has 5 rings (SSSR count). The summed E-state index contributed by atoms with van der Waals surface area (Å²) in [5.74, 6) is 1.69. The van der Waals surface area contributed by atoms with Crippen LogP contribution in [0.4, 0.5) is 17.5 Å². The standard InChI is InChI=1S/C27H33ClN6O4/c1-3-21(35)17-38-24-13-19-12-20(4-5-23(19)34(26(24)36)7-6-18-15-37-16-18)30-25-22(28)14-29-27(31-25)33-10-8-32(2)9-11-33/h4-5,12-14,18H,3,6-11,15-17H2,1-2H3,(H,29,30,31). The number of nitrogens with one attached hydrogen (secondary N) is 1. The summed E-state index contributed by atoms with van der Waals surface area (Å²) in [6, 6.07) is 7.44. The van der Waals surface area contributed by atoms with Crippen LogP contribution >= 0.6 is 11.6 Å². The van der Waals surface area contributed by atoms with Gasteiger partial charge in [-0.2, -0.15) is 4.98 Å². The van der Waals surface area contributed by atoms with Crippen LogP contribution in [0.15, 0.2) is 35.3 Å². The SMILES string of the molecule is CCC(=O)COc1cc2cc(Nc3nc(N4CCN(C)CC4)ncc3Cl)ccc2n(CCC2COC2)c1=O. The molecule has 2 saturated heterocycles. The number of carbonyl (C=O) groups excluding carboxylic acids is 1. The first-order valence-corrected chi connectivity index (χ1v) is 13.4. The molecule has 2 aliphatic rings. The van der Waals surface area contributed by atoms with Crippen LogP contribution in [0.3, 0.4) is 0 Å². The number of likely N-dealkylation sites (N-methyl/N-ethyl adjacent to an activating group) is 1. The minimum absolute atomic E-state index is 0.0624. The first kappa shape index (κ1) is 26.4. The highest BCUT2D eigenvalue weighted by Gasteiger charge is 2.21. The molecule has 0 saturated carbocycles. The summed E-state index contributed by atoms with van der Waals surface area (Å²) in [6.07, 6.45) is 2.80. The summed E-state index contributed by atoms with van der Waals surface area (Å²) >= 11 is 6.45. The van der Waals surface area contributed by atoms with Crippen LogP contribution in [0.2, 0.25) is 5.02 Å². The average molecular weight is 541 g/mol. The zero-order chi connectivity index (χ0) is 26.6. The number of ether oxygens (including phenoxy) is 2. The minimum Gasteiger partial charge on any atom is -0.480 e. The molecule has 11 heteroatoms. The third-order valence-corrected chi connectivity index (χ3v) is 7.37. The van der Waals surface area contributed by atoms with Crippen LogP contribution in [0, 0.1) is 5.92 Å². The number of anilines is 3. The Hall–Kier alpha value is -3.21. The van der Waals surface area contributed by atoms with Crippen molar-refractivity contribution in [3.8, 4) is 5.75 Å². The fourth-order valence-corrected chi connectivity index (χ4v) is 4.67. The molecule has 2 fully saturated rings. The lowest BCUT2D eigenvalue weighted by atomic mass is 10.0. The van der Waals surface area contributed by atoms with Gasteiger partial charge < -0.3 is 29.2 Å². The number of hydrogen-bond donors (Lipinski definition) is 1. The lowest BCUT2D eigenvalue weighted by Gasteiger charge is -2.32. The molecule has 202 valence electrons. The van der Waals surface area contributed by atoms with Gasteiger partial charge in [-0.3, -0.25) is 9.59 Å². The van der Waals surface area contributed by atoms with E-state index in [0.717, 1.165) is 62.4 Å². The van der Waals surface area contributed by atoms with Crippen molar-refractivity contribution in [2.24, 2.45) is 5.92 Å². The van der Waals surface area contributed by atoms with Gasteiger partial charge in [0.05, 0.1) is 24.9 Å². The second-order valence-electron chi connectivity index (χ2n) is 9.89. The number of aryl methyl sites for hydroxylation is 1. The number of nitrogens with zero attached hydrogens (tertiary/aromatic N) is 5. The highest BCUT2D eigenvalue weighted by atomic mass is 35.5. The molecule has 0 atom stereocenters. The number of piperazine rings is 1. The summed E-state index contributed by atoms with van der Waals surface area (Å²) in [4.78, 5) is 38.7. The van der Waals surface area contributed by atoms with Gasteiger partial charge in [0.2, 0.25) is 5.95 Å². The van der Waals surface area contributed by atoms with E-state index in [1.165, 1.54) is 0 Å². The number of ketones is 1. The van der Waals surface area contributed by atoms with E-state index in [1.54, 1.807) is 23.8 Å². The molecular formula is C27H33ClN6O4. The van der Waals surface area contributed by atoms with Crippen LogP contribution in [0.25, 0.3) is 10.9 Å². The van der Waals surface area contributed by atoms with Crippen molar-refractivity contribution in [2.45, 2.75) is 26.3 Å². The number of pyridine rings is 1. The summed E-state index contributed by atoms with van der Waals surface area (Å²) in [7, 11) is 2.10. The number of hydrogen-bond acceptors (Lipinski definition) is 9. The molecule has 0 radical (unpaired) electrons. The summed E-state index contributed by atoms with van der Waals surface area (Å²) < 4.78 is 12.7. The monoisotopic (exact) mass is 540 g/mol. The predicted octanol–water partition coefficient (Wildman–Crippen LogP) is 3.33. The van der Waals surface area contributed by atoms with Crippen molar-refractivity contribution in [2.75, 3.05) is 63.3 Å². The van der Waals surface area contributed by atoms with E-state index in [4.69, 9.17) is 26.1 Å². The Balaban J connectivity index is 1.44. The molecule has 3 aromatic rings. The van der Waals surface area contributed by atoms with Gasteiger partial charge in [0.15, 0.2) is 17.4 Å². The maximum Gasteiger partial charge on any atom is 0.293 e. The van der Waals surface area contributed by atoms with Gasteiger partial charge in [-0.05, 0) is 37.7 Å². The lowest BCUT2D eigenvalue weighted by molar-refractivity contribution is -0.120. The predicted molar refractivity (Wildman–Crippen MR) is 148 cm³/mol. The van der Waals surface area contributed by atoms with E-state index in [-0.39, 0.29) is 23.7 Å². The Labute approximate surface area is 226 Å². The zero-order valence-corrected chi connectivity index (χ0v) is 22.5. The molecule has 0 spiro atoms. The number of halogens is 1. The summed E-state index contributed by atoms with van der Waals surface area (Å²) in [6.45, 7) is 7.22. The first-order chi connectivity index (χ1) is 18.4. The molecule has 4 heterocycles. The van der Waals surface area contributed by atoms with E-state index < -0.39 is 0 Å². The third kappa shape index (κ3) is 5.92. The van der Waals surface area contributed by atoms with Crippen molar-refractivity contribution >= 4 is 45.7 Å². The zero-order valence-electron chi connectivity index (χ0n) is 21.8. The molecule has 10 nitrogen and oxygen atoms in total. The Morgan fingerprint density at radius 2 is 2.00 bits per heavy atom. The third-order valence-electron chi connectivity index (χ3n) is 7.09. The number of aromatic nitrogens is 3. The van der Waals surface area contributed by atoms with Gasteiger partial charge >= 0.3 is 0 Å². The summed E-state index contributed by atoms with van der Waals surface area (Å²) in [5.41, 5.74) is 1.32. The van der Waals surface area contributed by atoms with Crippen LogP contribution in [-0.4, -0.2) is 78.3 Å². The average Bonchev–Trinajstić information content (AvgIpc) is 2.89. The van der Waals surface area contributed by atoms with E-state index in [2.05, 4.69) is 27.1 Å². The molecule has 0 unspecified atom stereocenters. The molecule has 0 aliphatic carbocycles. The number of rotatable bonds is 10. The van der Waals surface area contributed by atoms with Crippen LogP contribution < -0.4 is 20.5 Å². The molecule has 2 aliphatic heterocycles. The van der Waals surface area contributed by atoms with E-state index in [0.29, 0.717) is 35.7 Å². The van der Waals surface area contributed by atoms with Crippen molar-refractivity contribution in [3.05, 3.63) is 45.8 Å². The molecule has 0 bridgehead atoms. The van der Waals surface area contributed by atoms with Crippen LogP contribution in [0.1, 0.15) is 19.8 Å². The van der Waals surface area contributed by atoms with Gasteiger partial charge in [0.1, 0.15) is 11.6 Å². The largest absolute Gasteiger partial charge is 0.480 e. The Kier molecular flexibility index (Phi) is 8.11. The molecule has 1 N–H and O–H groups in total. The molecular weight excluding hydrogens is 508 g/mol. The van der Waals surface area contributed by atoms with E-state index in [9.17, 15) is 9.59 Å². The van der Waals surface area contributed by atoms with Gasteiger partial charge in [-0.25, -0.2) is 4.98 Å². The van der Waals surface area contributed by atoms with E-state index in [1.807, 2.05) is 18.2 Å². The van der Waals surface area contributed by atoms with Gasteiger partial charge in [-0.15, -0.1) is 0 Å². The maximum atomic E-state index is 13.3. The lowest BCUT2D eigenvalue weighted by Crippen LogP contribution is -2.45. The Bertz CT molecular complexity index is 1370. The molecule has 2 aromatic heterocycles. The van der Waals surface area contributed by atoms with E-state index >= 15 is 0 Å². The van der Waals surface area contributed by atoms with Crippen molar-refractivity contribution in [1.29, 1.82) is 0 Å². The van der Waals surface area contributed by atoms with Crippen molar-refractivity contribution in [3.63, 3.8) is 0 Å². The van der Waals surface area contributed by atoms with Crippen LogP contribution in [-0.2, 0) is 16.1 Å². The van der Waals surface area contributed by atoms with Crippen LogP contribution in [0.5, 0.6) is 5.75 Å². The highest BCUT2D eigenvalue weighted by molar-refractivity contribution is 6.32. The second kappa shape index (κ2) is 11.7. The van der Waals surface area contributed by atoms with Gasteiger partial charge in [-0.1, -0.05) is 18.5 Å². The Morgan fingerprint density at radius 1 is 1.21 bits per heavy atom. The maximum absolute atomic E-state index is 13.3. The minimum atomic E-state index is -0.238. The first-order valence-electron chi connectivity index (χ1n) is 13.0. The number of benzene rings is 1. The fraction of sp³-hybridized carbons (Fsp3) is 0.481. The fourth-order valence-electron chi connectivity index (χ4n) is 4.53. The van der Waals surface area contributed by atoms with Crippen molar-refractivity contribution < 1.29 is 14.3 Å². The second-order valence-corrected chi connectivity index (χ2v) is 10.3. The summed E-state index contributed by atoms with van der Waals surface area (Å²) in [5, 5.41) is 4.54. The van der Waals surface area contributed by atoms with Gasteiger partial charge in [0.25, 0.3) is 5.56 Å². The van der Waals surface area contributed by atoms with Crippen molar-refractivity contribution in [1.82, 2.24) is 19.4 Å². The normalized spacial score (nSPS) is 16.4. The number of Topliss-reactive ketones (excluding diaryl/α,β-unsaturated/α-hetero) is 1. The molecule has 1 aromatic carbocycles. The smallest absolute Gasteiger partial charge is 0.293 e. The topological polar surface area (TPSA) is 102 Å². The highest BCUT2D eigenvalue weighted by Crippen LogP contribution is 2.28. The number of carbonyl (C=O) groups is 1. The molecule has 0 amide bonds.